The van der Waals surface area contributed by atoms with Gasteiger partial charge >= 0.3 is 18.1 Å². The maximum Gasteiger partial charge on any atom is 0.490 e. The Morgan fingerprint density at radius 2 is 1.69 bits per heavy atom. The lowest BCUT2D eigenvalue weighted by atomic mass is 10.1. The average molecular weight is 530 g/mol. The second-order valence-corrected chi connectivity index (χ2v) is 6.60. The summed E-state index contributed by atoms with van der Waals surface area (Å²) in [4.78, 5) is 52.6. The average Bonchev–Trinajstić information content (AvgIpc) is 2.91. The molecule has 0 atom stereocenters. The van der Waals surface area contributed by atoms with Gasteiger partial charge in [-0.25, -0.2) is 14.6 Å². The van der Waals surface area contributed by atoms with Gasteiger partial charge in [0.15, 0.2) is 5.96 Å². The number of amides is 2. The fourth-order valence-electron chi connectivity index (χ4n) is 1.84. The minimum atomic E-state index is -5.08. The van der Waals surface area contributed by atoms with E-state index in [9.17, 15) is 27.6 Å². The molecule has 29 heavy (non-hydrogen) atoms. The molecule has 0 bridgehead atoms. The van der Waals surface area contributed by atoms with E-state index < -0.39 is 29.9 Å². The number of carbonyl (C=O) groups is 4. The van der Waals surface area contributed by atoms with Crippen LogP contribution in [0.1, 0.15) is 28.8 Å². The summed E-state index contributed by atoms with van der Waals surface area (Å²) < 4.78 is 32.5. The Bertz CT molecular complexity index is 839. The lowest BCUT2D eigenvalue weighted by Crippen LogP contribution is -2.32. The summed E-state index contributed by atoms with van der Waals surface area (Å²) in [5.74, 6) is -4.65. The third-order valence-corrected chi connectivity index (χ3v) is 3.68. The summed E-state index contributed by atoms with van der Waals surface area (Å²) in [5.41, 5.74) is 11.4. The maximum atomic E-state index is 12.1. The fraction of sp³-hybridized carbons (Fsp3) is 0.267. The number of nitrogens with zero attached hydrogens (tertiary/aromatic N) is 2. The Kier molecular flexibility index (Phi) is 8.35. The van der Waals surface area contributed by atoms with E-state index in [2.05, 4.69) is 4.99 Å². The molecular formula is C15H14F3IN4O6. The van der Waals surface area contributed by atoms with Crippen LogP contribution < -0.4 is 11.5 Å². The van der Waals surface area contributed by atoms with Gasteiger partial charge in [0.25, 0.3) is 11.8 Å². The molecule has 1 aromatic carbocycles. The van der Waals surface area contributed by atoms with Crippen LogP contribution in [-0.2, 0) is 25.8 Å². The fourth-order valence-corrected chi connectivity index (χ4v) is 2.57. The number of carboxylic acids is 1. The number of hydroxylamine groups is 2. The van der Waals surface area contributed by atoms with Crippen molar-refractivity contribution in [1.82, 2.24) is 5.06 Å². The standard InChI is InChI=1S/C13H13IN4O4.C2HF3O2/c14-9-4-7(6-17-13(15)16)3-8(5-9)12(21)22-18-10(19)1-2-11(18)20;3-2(4,5)1(6)7/h3-5H,1-2,6H2,(H4,15,16,17);(H,6,7). The Hall–Kier alpha value is -2.91. The zero-order chi connectivity index (χ0) is 22.4. The molecule has 1 heterocycles. The molecule has 1 fully saturated rings. The highest BCUT2D eigenvalue weighted by atomic mass is 127. The first-order valence-corrected chi connectivity index (χ1v) is 8.62. The minimum absolute atomic E-state index is 0.0498. The van der Waals surface area contributed by atoms with Crippen molar-refractivity contribution >= 4 is 52.3 Å². The zero-order valence-corrected chi connectivity index (χ0v) is 16.6. The Labute approximate surface area is 174 Å². The van der Waals surface area contributed by atoms with Crippen molar-refractivity contribution in [1.29, 1.82) is 0 Å². The third kappa shape index (κ3) is 7.92. The highest BCUT2D eigenvalue weighted by Crippen LogP contribution is 2.18. The highest BCUT2D eigenvalue weighted by Gasteiger charge is 2.38. The van der Waals surface area contributed by atoms with E-state index in [1.807, 2.05) is 22.6 Å². The molecule has 14 heteroatoms. The molecule has 1 aliphatic rings. The summed E-state index contributed by atoms with van der Waals surface area (Å²) in [6.07, 6.45) is -4.98. The zero-order valence-electron chi connectivity index (χ0n) is 14.4. The third-order valence-electron chi connectivity index (χ3n) is 3.06. The number of hydrogen-bond acceptors (Lipinski definition) is 6. The predicted molar refractivity (Wildman–Crippen MR) is 98.9 cm³/mol. The van der Waals surface area contributed by atoms with Gasteiger partial charge in [-0.3, -0.25) is 9.59 Å². The largest absolute Gasteiger partial charge is 0.490 e. The van der Waals surface area contributed by atoms with Gasteiger partial charge in [-0.05, 0) is 46.4 Å². The number of guanidine groups is 1. The van der Waals surface area contributed by atoms with Gasteiger partial charge in [-0.1, -0.05) is 0 Å². The molecule has 10 nitrogen and oxygen atoms in total. The van der Waals surface area contributed by atoms with Crippen LogP contribution in [0.4, 0.5) is 13.2 Å². The van der Waals surface area contributed by atoms with E-state index in [0.717, 1.165) is 3.57 Å². The van der Waals surface area contributed by atoms with Gasteiger partial charge in [0, 0.05) is 16.4 Å². The molecule has 1 aliphatic heterocycles. The van der Waals surface area contributed by atoms with Gasteiger partial charge in [0.2, 0.25) is 0 Å². The molecule has 0 aromatic heterocycles. The van der Waals surface area contributed by atoms with Crippen molar-refractivity contribution < 1.29 is 42.3 Å². The Morgan fingerprint density at radius 3 is 2.14 bits per heavy atom. The molecule has 158 valence electrons. The van der Waals surface area contributed by atoms with Crippen LogP contribution in [0.15, 0.2) is 23.2 Å². The number of halogens is 4. The number of carbonyl (C=O) groups excluding carboxylic acids is 3. The van der Waals surface area contributed by atoms with Crippen molar-refractivity contribution in [3.8, 4) is 0 Å². The summed E-state index contributed by atoms with van der Waals surface area (Å²) in [5, 5.41) is 7.64. The normalized spacial score (nSPS) is 13.4. The van der Waals surface area contributed by atoms with Crippen LogP contribution in [0, 0.1) is 3.57 Å². The number of alkyl halides is 3. The molecule has 0 saturated carbocycles. The van der Waals surface area contributed by atoms with E-state index in [4.69, 9.17) is 26.2 Å². The molecule has 0 spiro atoms. The summed E-state index contributed by atoms with van der Waals surface area (Å²) >= 11 is 2.03. The smallest absolute Gasteiger partial charge is 0.475 e. The Balaban J connectivity index is 0.000000516. The van der Waals surface area contributed by atoms with Crippen molar-refractivity contribution in [2.45, 2.75) is 25.6 Å². The van der Waals surface area contributed by atoms with Crippen LogP contribution in [0.2, 0.25) is 0 Å². The number of carboxylic acid groups (broad SMARTS) is 1. The topological polar surface area (TPSA) is 165 Å². The number of hydrogen-bond donors (Lipinski definition) is 3. The second-order valence-electron chi connectivity index (χ2n) is 5.35. The highest BCUT2D eigenvalue weighted by molar-refractivity contribution is 14.1. The van der Waals surface area contributed by atoms with Crippen molar-refractivity contribution in [2.75, 3.05) is 0 Å². The van der Waals surface area contributed by atoms with E-state index in [-0.39, 0.29) is 30.9 Å². The lowest BCUT2D eigenvalue weighted by Gasteiger charge is -2.13. The number of aliphatic carboxylic acids is 1. The summed E-state index contributed by atoms with van der Waals surface area (Å²) in [6, 6.07) is 4.92. The monoisotopic (exact) mass is 530 g/mol. The number of benzene rings is 1. The number of rotatable bonds is 4. The molecule has 0 aliphatic carbocycles. The van der Waals surface area contributed by atoms with E-state index >= 15 is 0 Å². The first-order valence-electron chi connectivity index (χ1n) is 7.54. The molecule has 1 aromatic rings. The first kappa shape index (κ1) is 24.1. The van der Waals surface area contributed by atoms with Gasteiger partial charge in [-0.15, -0.1) is 5.06 Å². The van der Waals surface area contributed by atoms with Crippen molar-refractivity contribution in [3.05, 3.63) is 32.9 Å². The lowest BCUT2D eigenvalue weighted by molar-refractivity contribution is -0.192. The van der Waals surface area contributed by atoms with Crippen LogP contribution in [0.3, 0.4) is 0 Å². The van der Waals surface area contributed by atoms with Crippen LogP contribution in [0.25, 0.3) is 0 Å². The molecule has 2 amide bonds. The van der Waals surface area contributed by atoms with Gasteiger partial charge in [-0.2, -0.15) is 13.2 Å². The van der Waals surface area contributed by atoms with E-state index in [1.165, 1.54) is 0 Å². The van der Waals surface area contributed by atoms with Gasteiger partial charge in [0.1, 0.15) is 0 Å². The predicted octanol–water partition coefficient (Wildman–Crippen LogP) is 0.919. The Morgan fingerprint density at radius 1 is 1.17 bits per heavy atom. The SMILES string of the molecule is NC(N)=NCc1cc(I)cc(C(=O)ON2C(=O)CCC2=O)c1.O=C(O)C(F)(F)F. The molecule has 2 rings (SSSR count). The van der Waals surface area contributed by atoms with Crippen molar-refractivity contribution in [3.63, 3.8) is 0 Å². The van der Waals surface area contributed by atoms with Crippen LogP contribution in [-0.4, -0.2) is 46.1 Å². The minimum Gasteiger partial charge on any atom is -0.475 e. The van der Waals surface area contributed by atoms with Crippen LogP contribution >= 0.6 is 22.6 Å². The molecule has 5 N–H and O–H groups in total. The van der Waals surface area contributed by atoms with E-state index in [0.29, 0.717) is 10.6 Å². The molecule has 0 radical (unpaired) electrons. The second kappa shape index (κ2) is 10.0. The molecular weight excluding hydrogens is 516 g/mol. The molecule has 0 unspecified atom stereocenters. The summed E-state index contributed by atoms with van der Waals surface area (Å²) in [6.45, 7) is 0.209. The van der Waals surface area contributed by atoms with Gasteiger partial charge < -0.3 is 21.4 Å². The van der Waals surface area contributed by atoms with Crippen molar-refractivity contribution in [2.24, 2.45) is 16.5 Å². The summed E-state index contributed by atoms with van der Waals surface area (Å²) in [7, 11) is 0. The van der Waals surface area contributed by atoms with E-state index in [1.54, 1.807) is 18.2 Å². The first-order chi connectivity index (χ1) is 13.3. The molecule has 1 saturated heterocycles. The number of aliphatic imine (C=N–C) groups is 1. The number of nitrogens with two attached hydrogens (primary N) is 2. The quantitative estimate of drug-likeness (QED) is 0.224. The van der Waals surface area contributed by atoms with Crippen LogP contribution in [0.5, 0.6) is 0 Å². The maximum absolute atomic E-state index is 12.1. The van der Waals surface area contributed by atoms with Gasteiger partial charge in [0.05, 0.1) is 12.1 Å². The number of imide groups is 1.